The molecule has 3 nitrogen and oxygen atoms in total. The summed E-state index contributed by atoms with van der Waals surface area (Å²) in [6.07, 6.45) is 8.66. The van der Waals surface area contributed by atoms with E-state index in [0.29, 0.717) is 0 Å². The summed E-state index contributed by atoms with van der Waals surface area (Å²) in [5.74, 6) is 2.89. The third-order valence-electron chi connectivity index (χ3n) is 3.39. The van der Waals surface area contributed by atoms with Gasteiger partial charge in [0.2, 0.25) is 5.95 Å². The minimum Gasteiger partial charge on any atom is -0.354 e. The van der Waals surface area contributed by atoms with Crippen molar-refractivity contribution < 1.29 is 0 Å². The highest BCUT2D eigenvalue weighted by atomic mass is 32.2. The maximum Gasteiger partial charge on any atom is 0.223 e. The fraction of sp³-hybridized carbons (Fsp3) is 0.714. The summed E-state index contributed by atoms with van der Waals surface area (Å²) in [6.45, 7) is 5.19. The summed E-state index contributed by atoms with van der Waals surface area (Å²) in [7, 11) is 0. The van der Waals surface area contributed by atoms with Gasteiger partial charge in [-0.1, -0.05) is 19.8 Å². The van der Waals surface area contributed by atoms with Crippen LogP contribution in [0, 0.1) is 12.8 Å². The second-order valence-electron chi connectivity index (χ2n) is 5.07. The molecule has 1 fully saturated rings. The maximum atomic E-state index is 4.61. The highest BCUT2D eigenvalue weighted by molar-refractivity contribution is 7.99. The molecule has 1 heterocycles. The molecule has 1 N–H and O–H groups in total. The number of aromatic nitrogens is 2. The van der Waals surface area contributed by atoms with Crippen LogP contribution in [0.2, 0.25) is 0 Å². The number of rotatable bonds is 6. The molecule has 1 aromatic heterocycles. The molecular formula is C14H23N3S. The smallest absolute Gasteiger partial charge is 0.223 e. The second kappa shape index (κ2) is 6.98. The van der Waals surface area contributed by atoms with Crippen molar-refractivity contribution in [3.8, 4) is 0 Å². The lowest BCUT2D eigenvalue weighted by Gasteiger charge is -2.10. The number of anilines is 1. The van der Waals surface area contributed by atoms with Crippen LogP contribution in [0.1, 0.15) is 44.6 Å². The van der Waals surface area contributed by atoms with Gasteiger partial charge >= 0.3 is 0 Å². The van der Waals surface area contributed by atoms with Crippen LogP contribution in [0.5, 0.6) is 0 Å². The van der Waals surface area contributed by atoms with Crippen LogP contribution in [0.3, 0.4) is 0 Å². The molecule has 1 aromatic rings. The number of nitrogens with zero attached hydrogens (tertiary/aromatic N) is 2. The fourth-order valence-electron chi connectivity index (χ4n) is 2.27. The lowest BCUT2D eigenvalue weighted by atomic mass is 10.1. The minimum absolute atomic E-state index is 0.774. The number of hydrogen-bond acceptors (Lipinski definition) is 4. The van der Waals surface area contributed by atoms with Gasteiger partial charge in [0.1, 0.15) is 5.03 Å². The Morgan fingerprint density at radius 3 is 2.89 bits per heavy atom. The van der Waals surface area contributed by atoms with Gasteiger partial charge < -0.3 is 5.32 Å². The fourth-order valence-corrected chi connectivity index (χ4v) is 3.43. The van der Waals surface area contributed by atoms with Gasteiger partial charge in [-0.05, 0) is 37.7 Å². The molecule has 100 valence electrons. The number of thioether (sulfide) groups is 1. The summed E-state index contributed by atoms with van der Waals surface area (Å²) in [5, 5.41) is 4.40. The Bertz CT molecular complexity index is 375. The van der Waals surface area contributed by atoms with Crippen molar-refractivity contribution >= 4 is 17.7 Å². The van der Waals surface area contributed by atoms with Crippen molar-refractivity contribution in [2.45, 2.75) is 51.0 Å². The molecule has 1 aliphatic carbocycles. The molecule has 0 spiro atoms. The number of hydrogen-bond donors (Lipinski definition) is 1. The molecule has 2 rings (SSSR count). The lowest BCUT2D eigenvalue weighted by molar-refractivity contribution is 0.622. The van der Waals surface area contributed by atoms with Gasteiger partial charge in [-0.3, -0.25) is 0 Å². The van der Waals surface area contributed by atoms with Crippen LogP contribution in [0.25, 0.3) is 0 Å². The van der Waals surface area contributed by atoms with Gasteiger partial charge in [0, 0.05) is 18.5 Å². The van der Waals surface area contributed by atoms with Gasteiger partial charge in [0.25, 0.3) is 0 Å². The normalized spacial score (nSPS) is 16.1. The predicted octanol–water partition coefficient (Wildman–Crippen LogP) is 3.89. The summed E-state index contributed by atoms with van der Waals surface area (Å²) in [6, 6.07) is 0. The quantitative estimate of drug-likeness (QED) is 0.625. The van der Waals surface area contributed by atoms with Crippen LogP contribution in [0.15, 0.2) is 11.2 Å². The number of aryl methyl sites for hydroxylation is 1. The average Bonchev–Trinajstić information content (AvgIpc) is 2.89. The first kappa shape index (κ1) is 13.7. The van der Waals surface area contributed by atoms with Crippen molar-refractivity contribution in [2.24, 2.45) is 5.92 Å². The first-order valence-corrected chi connectivity index (χ1v) is 7.98. The van der Waals surface area contributed by atoms with Crippen molar-refractivity contribution in [3.05, 3.63) is 11.8 Å². The van der Waals surface area contributed by atoms with E-state index in [2.05, 4.69) is 29.1 Å². The van der Waals surface area contributed by atoms with Gasteiger partial charge in [0.15, 0.2) is 0 Å². The van der Waals surface area contributed by atoms with Crippen LogP contribution in [-0.2, 0) is 0 Å². The Balaban J connectivity index is 1.92. The van der Waals surface area contributed by atoms with Gasteiger partial charge in [-0.25, -0.2) is 9.97 Å². The highest BCUT2D eigenvalue weighted by Gasteiger charge is 2.16. The van der Waals surface area contributed by atoms with Crippen LogP contribution in [0.4, 0.5) is 5.95 Å². The molecule has 1 saturated carbocycles. The summed E-state index contributed by atoms with van der Waals surface area (Å²) < 4.78 is 0. The molecule has 0 aromatic carbocycles. The largest absolute Gasteiger partial charge is 0.354 e. The van der Waals surface area contributed by atoms with Crippen molar-refractivity contribution in [2.75, 3.05) is 17.6 Å². The van der Waals surface area contributed by atoms with Crippen molar-refractivity contribution in [1.29, 1.82) is 0 Å². The molecule has 0 radical (unpaired) electrons. The molecule has 0 aliphatic heterocycles. The van der Waals surface area contributed by atoms with Crippen LogP contribution >= 0.6 is 11.8 Å². The Kier molecular flexibility index (Phi) is 5.29. The van der Waals surface area contributed by atoms with Crippen LogP contribution in [-0.4, -0.2) is 22.3 Å². The first-order chi connectivity index (χ1) is 8.79. The van der Waals surface area contributed by atoms with E-state index >= 15 is 0 Å². The van der Waals surface area contributed by atoms with E-state index in [1.165, 1.54) is 37.0 Å². The summed E-state index contributed by atoms with van der Waals surface area (Å²) in [4.78, 5) is 8.93. The van der Waals surface area contributed by atoms with E-state index in [-0.39, 0.29) is 0 Å². The predicted molar refractivity (Wildman–Crippen MR) is 78.2 cm³/mol. The van der Waals surface area contributed by atoms with Crippen molar-refractivity contribution in [3.63, 3.8) is 0 Å². The number of nitrogens with one attached hydrogen (secondary N) is 1. The third-order valence-corrected chi connectivity index (χ3v) is 4.71. The zero-order chi connectivity index (χ0) is 12.8. The molecule has 1 aliphatic rings. The Hall–Kier alpha value is -0.770. The van der Waals surface area contributed by atoms with E-state index in [9.17, 15) is 0 Å². The molecule has 4 heteroatoms. The second-order valence-corrected chi connectivity index (χ2v) is 6.08. The molecule has 0 saturated heterocycles. The zero-order valence-corrected chi connectivity index (χ0v) is 12.2. The van der Waals surface area contributed by atoms with Gasteiger partial charge in [0.05, 0.1) is 0 Å². The SMILES string of the molecule is CCCNc1ncc(C)c(SCC2CCCC2)n1. The van der Waals surface area contributed by atoms with Gasteiger partial charge in [-0.2, -0.15) is 0 Å². The average molecular weight is 265 g/mol. The lowest BCUT2D eigenvalue weighted by Crippen LogP contribution is -2.06. The molecule has 0 atom stereocenters. The van der Waals surface area contributed by atoms with Crippen LogP contribution < -0.4 is 5.32 Å². The topological polar surface area (TPSA) is 37.8 Å². The maximum absolute atomic E-state index is 4.61. The molecule has 0 unspecified atom stereocenters. The van der Waals surface area contributed by atoms with E-state index in [4.69, 9.17) is 0 Å². The summed E-state index contributed by atoms with van der Waals surface area (Å²) >= 11 is 1.90. The molecular weight excluding hydrogens is 242 g/mol. The summed E-state index contributed by atoms with van der Waals surface area (Å²) in [5.41, 5.74) is 1.19. The standard InChI is InChI=1S/C14H23N3S/c1-3-8-15-14-16-9-11(2)13(17-14)18-10-12-6-4-5-7-12/h9,12H,3-8,10H2,1-2H3,(H,15,16,17). The molecule has 18 heavy (non-hydrogen) atoms. The Morgan fingerprint density at radius 1 is 1.39 bits per heavy atom. The van der Waals surface area contributed by atoms with E-state index in [1.54, 1.807) is 0 Å². The van der Waals surface area contributed by atoms with E-state index < -0.39 is 0 Å². The van der Waals surface area contributed by atoms with Crippen molar-refractivity contribution in [1.82, 2.24) is 9.97 Å². The monoisotopic (exact) mass is 265 g/mol. The van der Waals surface area contributed by atoms with Gasteiger partial charge in [-0.15, -0.1) is 11.8 Å². The van der Waals surface area contributed by atoms with E-state index in [0.717, 1.165) is 29.9 Å². The first-order valence-electron chi connectivity index (χ1n) is 7.00. The molecule has 0 amide bonds. The minimum atomic E-state index is 0.774. The molecule has 0 bridgehead atoms. The highest BCUT2D eigenvalue weighted by Crippen LogP contribution is 2.31. The zero-order valence-electron chi connectivity index (χ0n) is 11.4. The third kappa shape index (κ3) is 3.87. The Morgan fingerprint density at radius 2 is 2.17 bits per heavy atom. The van der Waals surface area contributed by atoms with E-state index in [1.807, 2.05) is 18.0 Å². The Labute approximate surface area is 114 Å².